The number of hydrogen-bond donors (Lipinski definition) is 2. The summed E-state index contributed by atoms with van der Waals surface area (Å²) in [6.45, 7) is 6.41. The number of nitrogens with one attached hydrogen (secondary N) is 2. The van der Waals surface area contributed by atoms with Crippen LogP contribution in [-0.4, -0.2) is 58.5 Å². The van der Waals surface area contributed by atoms with E-state index in [2.05, 4.69) is 27.1 Å². The van der Waals surface area contributed by atoms with Gasteiger partial charge in [0.25, 0.3) is 5.56 Å². The number of piperazine rings is 1. The molecule has 1 aliphatic rings. The second-order valence-electron chi connectivity index (χ2n) is 6.00. The van der Waals surface area contributed by atoms with Crippen LogP contribution in [0.15, 0.2) is 16.2 Å². The number of hydrogen-bond acceptors (Lipinski definition) is 5. The van der Waals surface area contributed by atoms with E-state index in [1.807, 2.05) is 16.3 Å². The minimum Gasteiger partial charge on any atom is -0.338 e. The van der Waals surface area contributed by atoms with E-state index in [0.29, 0.717) is 30.2 Å². The SMILES string of the molecule is CCCCNC(=O)N1CCN(Cc2nc3ccsc3c(=O)[nH]2)CC1. The summed E-state index contributed by atoms with van der Waals surface area (Å²) in [7, 11) is 0. The Balaban J connectivity index is 1.53. The van der Waals surface area contributed by atoms with Crippen LogP contribution >= 0.6 is 11.3 Å². The highest BCUT2D eigenvalue weighted by molar-refractivity contribution is 7.17. The fourth-order valence-electron chi connectivity index (χ4n) is 2.80. The molecule has 0 bridgehead atoms. The number of thiophene rings is 1. The molecule has 0 spiro atoms. The molecule has 2 amide bonds. The van der Waals surface area contributed by atoms with Gasteiger partial charge in [-0.05, 0) is 17.9 Å². The van der Waals surface area contributed by atoms with Crippen molar-refractivity contribution in [2.45, 2.75) is 26.3 Å². The van der Waals surface area contributed by atoms with Crippen molar-refractivity contribution in [1.29, 1.82) is 0 Å². The van der Waals surface area contributed by atoms with Crippen molar-refractivity contribution < 1.29 is 4.79 Å². The zero-order chi connectivity index (χ0) is 16.9. The minimum absolute atomic E-state index is 0.0225. The third kappa shape index (κ3) is 3.93. The standard InChI is InChI=1S/C16H23N5O2S/c1-2-3-5-17-16(23)21-8-6-20(7-9-21)11-13-18-12-4-10-24-14(12)15(22)19-13/h4,10H,2-3,5-9,11H2,1H3,(H,17,23)(H,18,19,22). The Morgan fingerprint density at radius 2 is 2.17 bits per heavy atom. The fourth-order valence-corrected chi connectivity index (χ4v) is 3.53. The van der Waals surface area contributed by atoms with Crippen molar-refractivity contribution in [1.82, 2.24) is 25.1 Å². The van der Waals surface area contributed by atoms with E-state index in [4.69, 9.17) is 0 Å². The first kappa shape index (κ1) is 16.9. The van der Waals surface area contributed by atoms with Crippen LogP contribution < -0.4 is 10.9 Å². The summed E-state index contributed by atoms with van der Waals surface area (Å²) in [6, 6.07) is 1.89. The Hall–Kier alpha value is -1.93. The molecule has 24 heavy (non-hydrogen) atoms. The Kier molecular flexibility index (Phi) is 5.47. The van der Waals surface area contributed by atoms with Gasteiger partial charge < -0.3 is 15.2 Å². The molecule has 2 aromatic heterocycles. The highest BCUT2D eigenvalue weighted by atomic mass is 32.1. The average molecular weight is 349 g/mol. The van der Waals surface area contributed by atoms with Gasteiger partial charge >= 0.3 is 6.03 Å². The van der Waals surface area contributed by atoms with E-state index in [1.54, 1.807) is 0 Å². The molecule has 2 N–H and O–H groups in total. The van der Waals surface area contributed by atoms with Gasteiger partial charge in [-0.15, -0.1) is 11.3 Å². The number of nitrogens with zero attached hydrogens (tertiary/aromatic N) is 3. The molecule has 3 heterocycles. The number of aromatic nitrogens is 2. The molecule has 0 aromatic carbocycles. The quantitative estimate of drug-likeness (QED) is 0.804. The summed E-state index contributed by atoms with van der Waals surface area (Å²) in [5.74, 6) is 0.687. The number of carbonyl (C=O) groups is 1. The molecule has 0 saturated carbocycles. The van der Waals surface area contributed by atoms with Crippen molar-refractivity contribution in [3.05, 3.63) is 27.6 Å². The maximum absolute atomic E-state index is 12.0. The van der Waals surface area contributed by atoms with Gasteiger partial charge in [-0.3, -0.25) is 9.69 Å². The first-order chi connectivity index (χ1) is 11.7. The lowest BCUT2D eigenvalue weighted by atomic mass is 10.3. The molecule has 1 saturated heterocycles. The van der Waals surface area contributed by atoms with E-state index >= 15 is 0 Å². The summed E-state index contributed by atoms with van der Waals surface area (Å²) < 4.78 is 0.673. The molecule has 0 atom stereocenters. The largest absolute Gasteiger partial charge is 0.338 e. The second kappa shape index (κ2) is 7.76. The molecule has 8 heteroatoms. The summed E-state index contributed by atoms with van der Waals surface area (Å²) in [6.07, 6.45) is 2.09. The molecule has 7 nitrogen and oxygen atoms in total. The topological polar surface area (TPSA) is 81.3 Å². The van der Waals surface area contributed by atoms with Gasteiger partial charge in [0.2, 0.25) is 0 Å². The monoisotopic (exact) mass is 349 g/mol. The molecule has 0 unspecified atom stereocenters. The summed E-state index contributed by atoms with van der Waals surface area (Å²) in [4.78, 5) is 35.5. The highest BCUT2D eigenvalue weighted by Crippen LogP contribution is 2.14. The predicted octanol–water partition coefficient (Wildman–Crippen LogP) is 1.61. The van der Waals surface area contributed by atoms with Gasteiger partial charge in [0.15, 0.2) is 0 Å². The van der Waals surface area contributed by atoms with Crippen molar-refractivity contribution >= 4 is 27.6 Å². The van der Waals surface area contributed by atoms with E-state index in [1.165, 1.54) is 11.3 Å². The van der Waals surface area contributed by atoms with Crippen LogP contribution in [0.5, 0.6) is 0 Å². The van der Waals surface area contributed by atoms with Crippen LogP contribution in [0.3, 0.4) is 0 Å². The lowest BCUT2D eigenvalue weighted by Gasteiger charge is -2.34. The number of aromatic amines is 1. The van der Waals surface area contributed by atoms with Gasteiger partial charge in [-0.1, -0.05) is 13.3 Å². The van der Waals surface area contributed by atoms with Gasteiger partial charge in [-0.25, -0.2) is 9.78 Å². The Labute approximate surface area is 144 Å². The molecular weight excluding hydrogens is 326 g/mol. The van der Waals surface area contributed by atoms with Gasteiger partial charge in [0.1, 0.15) is 10.5 Å². The van der Waals surface area contributed by atoms with Crippen molar-refractivity contribution in [3.63, 3.8) is 0 Å². The average Bonchev–Trinajstić information content (AvgIpc) is 3.05. The summed E-state index contributed by atoms with van der Waals surface area (Å²) in [5, 5.41) is 4.83. The molecule has 2 aromatic rings. The molecule has 3 rings (SSSR count). The van der Waals surface area contributed by atoms with Crippen LogP contribution in [0.25, 0.3) is 10.2 Å². The number of H-pyrrole nitrogens is 1. The zero-order valence-electron chi connectivity index (χ0n) is 13.9. The normalized spacial score (nSPS) is 15.8. The van der Waals surface area contributed by atoms with Crippen LogP contribution in [0, 0.1) is 0 Å². The number of fused-ring (bicyclic) bond motifs is 1. The van der Waals surface area contributed by atoms with Crippen molar-refractivity contribution in [3.8, 4) is 0 Å². The van der Waals surface area contributed by atoms with Crippen LogP contribution in [0.4, 0.5) is 4.79 Å². The zero-order valence-corrected chi connectivity index (χ0v) is 14.7. The van der Waals surface area contributed by atoms with Gasteiger partial charge in [-0.2, -0.15) is 0 Å². The van der Waals surface area contributed by atoms with E-state index in [9.17, 15) is 9.59 Å². The fraction of sp³-hybridized carbons (Fsp3) is 0.562. The predicted molar refractivity (Wildman–Crippen MR) is 95.4 cm³/mol. The third-order valence-electron chi connectivity index (χ3n) is 4.20. The minimum atomic E-state index is -0.0704. The van der Waals surface area contributed by atoms with Gasteiger partial charge in [0.05, 0.1) is 12.1 Å². The van der Waals surface area contributed by atoms with Gasteiger partial charge in [0, 0.05) is 32.7 Å². The van der Waals surface area contributed by atoms with E-state index < -0.39 is 0 Å². The first-order valence-electron chi connectivity index (χ1n) is 8.39. The van der Waals surface area contributed by atoms with E-state index in [-0.39, 0.29) is 11.6 Å². The smallest absolute Gasteiger partial charge is 0.317 e. The van der Waals surface area contributed by atoms with Crippen LogP contribution in [0.2, 0.25) is 0 Å². The highest BCUT2D eigenvalue weighted by Gasteiger charge is 2.21. The maximum atomic E-state index is 12.0. The first-order valence-corrected chi connectivity index (χ1v) is 9.27. The lowest BCUT2D eigenvalue weighted by molar-refractivity contribution is 0.133. The Bertz CT molecular complexity index is 748. The molecule has 1 aliphatic heterocycles. The summed E-state index contributed by atoms with van der Waals surface area (Å²) in [5.41, 5.74) is 0.687. The number of rotatable bonds is 5. The van der Waals surface area contributed by atoms with E-state index in [0.717, 1.165) is 38.0 Å². The van der Waals surface area contributed by atoms with Crippen LogP contribution in [0.1, 0.15) is 25.6 Å². The molecular formula is C16H23N5O2S. The molecule has 1 fully saturated rings. The maximum Gasteiger partial charge on any atom is 0.317 e. The number of carbonyl (C=O) groups excluding carboxylic acids is 1. The Morgan fingerprint density at radius 1 is 1.38 bits per heavy atom. The Morgan fingerprint density at radius 3 is 2.92 bits per heavy atom. The third-order valence-corrected chi connectivity index (χ3v) is 5.11. The second-order valence-corrected chi connectivity index (χ2v) is 6.91. The summed E-state index contributed by atoms with van der Waals surface area (Å²) >= 11 is 1.41. The van der Waals surface area contributed by atoms with Crippen LogP contribution in [-0.2, 0) is 6.54 Å². The van der Waals surface area contributed by atoms with Crippen molar-refractivity contribution in [2.75, 3.05) is 32.7 Å². The molecule has 0 radical (unpaired) electrons. The molecule has 130 valence electrons. The van der Waals surface area contributed by atoms with Crippen molar-refractivity contribution in [2.24, 2.45) is 0 Å². The number of urea groups is 1. The number of unbranched alkanes of at least 4 members (excludes halogenated alkanes) is 1. The molecule has 0 aliphatic carbocycles. The number of amides is 2. The lowest BCUT2D eigenvalue weighted by Crippen LogP contribution is -2.51.